The third-order valence-corrected chi connectivity index (χ3v) is 5.29. The second-order valence-electron chi connectivity index (χ2n) is 6.20. The highest BCUT2D eigenvalue weighted by Crippen LogP contribution is 2.38. The molecule has 2 aromatic rings. The van der Waals surface area contributed by atoms with Crippen LogP contribution in [0.3, 0.4) is 0 Å². The Labute approximate surface area is 166 Å². The number of hydrogen-bond acceptors (Lipinski definition) is 8. The lowest BCUT2D eigenvalue weighted by Gasteiger charge is -2.34. The van der Waals surface area contributed by atoms with Gasteiger partial charge in [0.2, 0.25) is 5.82 Å². The Balaban J connectivity index is 1.81. The summed E-state index contributed by atoms with van der Waals surface area (Å²) in [7, 11) is 0. The lowest BCUT2D eigenvalue weighted by Crippen LogP contribution is -2.49. The zero-order valence-corrected chi connectivity index (χ0v) is 16.5. The summed E-state index contributed by atoms with van der Waals surface area (Å²) in [6.45, 7) is 5.76. The van der Waals surface area contributed by atoms with Gasteiger partial charge in [-0.3, -0.25) is 10.1 Å². The number of carbonyl (C=O) groups excluding carboxylic acids is 1. The number of benzene rings is 1. The molecule has 1 fully saturated rings. The number of hydrogen-bond donors (Lipinski definition) is 0. The molecule has 0 N–H and O–H groups in total. The highest BCUT2D eigenvalue weighted by Gasteiger charge is 2.30. The Morgan fingerprint density at radius 1 is 1.21 bits per heavy atom. The first-order chi connectivity index (χ1) is 13.5. The highest BCUT2D eigenvalue weighted by atomic mass is 32.2. The first kappa shape index (κ1) is 19.9. The van der Waals surface area contributed by atoms with Crippen LogP contribution in [0.1, 0.15) is 12.5 Å². The van der Waals surface area contributed by atoms with E-state index in [-0.39, 0.29) is 17.6 Å². The van der Waals surface area contributed by atoms with Gasteiger partial charge in [-0.1, -0.05) is 29.5 Å². The summed E-state index contributed by atoms with van der Waals surface area (Å²) in [4.78, 5) is 35.8. The summed E-state index contributed by atoms with van der Waals surface area (Å²) in [5.74, 6) is 0.276. The van der Waals surface area contributed by atoms with Crippen molar-refractivity contribution in [3.8, 4) is 0 Å². The lowest BCUT2D eigenvalue weighted by molar-refractivity contribution is -0.387. The number of anilines is 1. The van der Waals surface area contributed by atoms with E-state index in [4.69, 9.17) is 4.74 Å². The molecule has 1 saturated heterocycles. The molecule has 10 heteroatoms. The van der Waals surface area contributed by atoms with Gasteiger partial charge in [-0.2, -0.15) is 0 Å². The molecule has 1 aliphatic heterocycles. The van der Waals surface area contributed by atoms with E-state index in [2.05, 4.69) is 9.97 Å². The summed E-state index contributed by atoms with van der Waals surface area (Å²) in [6.07, 6.45) is 0.978. The third-order valence-electron chi connectivity index (χ3n) is 4.29. The molecule has 3 rings (SSSR count). The summed E-state index contributed by atoms with van der Waals surface area (Å²) >= 11 is 1.24. The van der Waals surface area contributed by atoms with Gasteiger partial charge in [0.1, 0.15) is 6.33 Å². The molecule has 0 unspecified atom stereocenters. The first-order valence-corrected chi connectivity index (χ1v) is 9.71. The molecule has 0 aliphatic carbocycles. The Kier molecular flexibility index (Phi) is 6.30. The van der Waals surface area contributed by atoms with Crippen LogP contribution in [0.25, 0.3) is 0 Å². The van der Waals surface area contributed by atoms with Crippen molar-refractivity contribution in [2.45, 2.75) is 23.8 Å². The van der Waals surface area contributed by atoms with Crippen molar-refractivity contribution in [1.82, 2.24) is 14.9 Å². The molecule has 0 spiro atoms. The van der Waals surface area contributed by atoms with Gasteiger partial charge in [0.05, 0.1) is 11.5 Å². The number of aromatic nitrogens is 2. The smallest absolute Gasteiger partial charge is 0.409 e. The van der Waals surface area contributed by atoms with Crippen LogP contribution in [0.2, 0.25) is 0 Å². The Morgan fingerprint density at radius 2 is 1.89 bits per heavy atom. The number of nitro groups is 1. The summed E-state index contributed by atoms with van der Waals surface area (Å²) in [5, 5.41) is 12.1. The van der Waals surface area contributed by atoms with Crippen molar-refractivity contribution in [2.75, 3.05) is 37.7 Å². The van der Waals surface area contributed by atoms with E-state index in [1.807, 2.05) is 36.1 Å². The van der Waals surface area contributed by atoms with Gasteiger partial charge in [0, 0.05) is 31.1 Å². The number of carbonyl (C=O) groups is 1. The summed E-state index contributed by atoms with van der Waals surface area (Å²) in [5.41, 5.74) is 0.999. The number of rotatable bonds is 5. The Hall–Kier alpha value is -2.88. The van der Waals surface area contributed by atoms with E-state index in [1.54, 1.807) is 11.8 Å². The van der Waals surface area contributed by atoms with E-state index in [1.165, 1.54) is 18.1 Å². The lowest BCUT2D eigenvalue weighted by atomic mass is 10.2. The number of piperazine rings is 1. The Morgan fingerprint density at radius 3 is 2.50 bits per heavy atom. The van der Waals surface area contributed by atoms with E-state index >= 15 is 0 Å². The van der Waals surface area contributed by atoms with Gasteiger partial charge in [0.25, 0.3) is 0 Å². The molecule has 28 heavy (non-hydrogen) atoms. The van der Waals surface area contributed by atoms with Crippen LogP contribution in [-0.2, 0) is 4.74 Å². The minimum Gasteiger partial charge on any atom is -0.450 e. The number of nitrogens with zero attached hydrogens (tertiary/aromatic N) is 5. The van der Waals surface area contributed by atoms with E-state index in [0.717, 1.165) is 10.5 Å². The molecule has 1 aromatic carbocycles. The molecule has 0 bridgehead atoms. The fourth-order valence-corrected chi connectivity index (χ4v) is 3.71. The third kappa shape index (κ3) is 4.50. The molecule has 0 saturated carbocycles. The fraction of sp³-hybridized carbons (Fsp3) is 0.389. The van der Waals surface area contributed by atoms with Crippen LogP contribution in [0.4, 0.5) is 16.3 Å². The molecule has 148 valence electrons. The fourth-order valence-electron chi connectivity index (χ4n) is 2.85. The summed E-state index contributed by atoms with van der Waals surface area (Å²) < 4.78 is 5.01. The van der Waals surface area contributed by atoms with Gasteiger partial charge in [-0.25, -0.2) is 14.8 Å². The summed E-state index contributed by atoms with van der Waals surface area (Å²) in [6, 6.07) is 7.71. The zero-order chi connectivity index (χ0) is 20.1. The van der Waals surface area contributed by atoms with E-state index < -0.39 is 4.92 Å². The molecular weight excluding hydrogens is 382 g/mol. The zero-order valence-electron chi connectivity index (χ0n) is 15.7. The van der Waals surface area contributed by atoms with Crippen LogP contribution in [0, 0.1) is 17.0 Å². The highest BCUT2D eigenvalue weighted by molar-refractivity contribution is 7.99. The average molecular weight is 403 g/mol. The van der Waals surface area contributed by atoms with Crippen molar-refractivity contribution in [2.24, 2.45) is 0 Å². The molecule has 0 radical (unpaired) electrons. The SMILES string of the molecule is CCOC(=O)N1CCN(c2ncnc(Sc3ccc(C)cc3)c2[N+](=O)[O-])CC1. The first-order valence-electron chi connectivity index (χ1n) is 8.90. The van der Waals surface area contributed by atoms with Gasteiger partial charge in [0.15, 0.2) is 5.03 Å². The minimum absolute atomic E-state index is 0.113. The van der Waals surface area contributed by atoms with Crippen LogP contribution in [0.15, 0.2) is 40.5 Å². The second-order valence-corrected chi connectivity index (χ2v) is 7.26. The maximum Gasteiger partial charge on any atom is 0.409 e. The number of aryl methyl sites for hydroxylation is 1. The standard InChI is InChI=1S/C18H21N5O4S/c1-3-27-18(24)22-10-8-21(9-11-22)16-15(23(25)26)17(20-12-19-16)28-14-6-4-13(2)5-7-14/h4-7,12H,3,8-11H2,1-2H3. The molecule has 1 aromatic heterocycles. The van der Waals surface area contributed by atoms with Crippen molar-refractivity contribution < 1.29 is 14.5 Å². The maximum absolute atomic E-state index is 11.8. The largest absolute Gasteiger partial charge is 0.450 e. The number of ether oxygens (including phenoxy) is 1. The minimum atomic E-state index is -0.441. The monoisotopic (exact) mass is 403 g/mol. The van der Waals surface area contributed by atoms with Crippen molar-refractivity contribution in [3.05, 3.63) is 46.3 Å². The van der Waals surface area contributed by atoms with Gasteiger partial charge < -0.3 is 14.5 Å². The average Bonchev–Trinajstić information content (AvgIpc) is 2.69. The molecule has 9 nitrogen and oxygen atoms in total. The van der Waals surface area contributed by atoms with Crippen molar-refractivity contribution >= 4 is 29.4 Å². The van der Waals surface area contributed by atoms with Crippen LogP contribution >= 0.6 is 11.8 Å². The molecule has 1 amide bonds. The van der Waals surface area contributed by atoms with Gasteiger partial charge in [-0.15, -0.1) is 0 Å². The topological polar surface area (TPSA) is 102 Å². The quantitative estimate of drug-likeness (QED) is 0.426. The Bertz CT molecular complexity index is 854. The molecule has 0 atom stereocenters. The van der Waals surface area contributed by atoms with Gasteiger partial charge in [-0.05, 0) is 26.0 Å². The molecule has 1 aliphatic rings. The molecule has 2 heterocycles. The predicted molar refractivity (Wildman–Crippen MR) is 105 cm³/mol. The number of amides is 1. The van der Waals surface area contributed by atoms with Gasteiger partial charge >= 0.3 is 11.8 Å². The molecular formula is C18H21N5O4S. The van der Waals surface area contributed by atoms with Crippen LogP contribution in [-0.4, -0.2) is 58.7 Å². The van der Waals surface area contributed by atoms with E-state index in [9.17, 15) is 14.9 Å². The predicted octanol–water partition coefficient (Wildman–Crippen LogP) is 3.12. The van der Waals surface area contributed by atoms with Crippen LogP contribution < -0.4 is 4.90 Å². The van der Waals surface area contributed by atoms with E-state index in [0.29, 0.717) is 37.8 Å². The van der Waals surface area contributed by atoms with Crippen molar-refractivity contribution in [1.29, 1.82) is 0 Å². The van der Waals surface area contributed by atoms with Crippen molar-refractivity contribution in [3.63, 3.8) is 0 Å². The normalized spacial score (nSPS) is 14.1. The second kappa shape index (κ2) is 8.87. The maximum atomic E-state index is 11.8. The van der Waals surface area contributed by atoms with Crippen LogP contribution in [0.5, 0.6) is 0 Å².